The summed E-state index contributed by atoms with van der Waals surface area (Å²) in [4.78, 5) is 6.44. The zero-order valence-corrected chi connectivity index (χ0v) is 9.95. The first kappa shape index (κ1) is 9.54. The van der Waals surface area contributed by atoms with Crippen LogP contribution in [0, 0.1) is 13.8 Å². The highest BCUT2D eigenvalue weighted by Crippen LogP contribution is 2.33. The van der Waals surface area contributed by atoms with E-state index in [1.807, 2.05) is 4.52 Å². The number of thiazole rings is 1. The number of aromatic nitrogens is 3. The number of benzene rings is 1. The molecule has 3 nitrogen and oxygen atoms in total. The van der Waals surface area contributed by atoms with Crippen molar-refractivity contribution in [3.8, 4) is 10.4 Å². The van der Waals surface area contributed by atoms with Crippen molar-refractivity contribution in [1.82, 2.24) is 14.6 Å². The van der Waals surface area contributed by atoms with Crippen LogP contribution in [0.2, 0.25) is 0 Å². The van der Waals surface area contributed by atoms with E-state index in [4.69, 9.17) is 0 Å². The Morgan fingerprint density at radius 3 is 2.75 bits per heavy atom. The molecule has 0 aliphatic rings. The normalized spacial score (nSPS) is 11.1. The van der Waals surface area contributed by atoms with Crippen molar-refractivity contribution in [3.63, 3.8) is 0 Å². The summed E-state index contributed by atoms with van der Waals surface area (Å²) in [6.07, 6.45) is 1.60. The average Bonchev–Trinajstić information content (AvgIpc) is 2.83. The van der Waals surface area contributed by atoms with Crippen LogP contribution >= 0.6 is 11.3 Å². The number of hydrogen-bond acceptors (Lipinski definition) is 3. The second-order valence-electron chi connectivity index (χ2n) is 3.79. The van der Waals surface area contributed by atoms with E-state index in [1.54, 1.807) is 17.7 Å². The second kappa shape index (κ2) is 3.42. The molecule has 0 atom stereocenters. The third kappa shape index (κ3) is 1.27. The first-order valence-electron chi connectivity index (χ1n) is 5.12. The Hall–Kier alpha value is -1.68. The molecule has 16 heavy (non-hydrogen) atoms. The zero-order valence-electron chi connectivity index (χ0n) is 9.14. The number of aryl methyl sites for hydroxylation is 2. The van der Waals surface area contributed by atoms with Gasteiger partial charge < -0.3 is 0 Å². The Morgan fingerprint density at radius 1 is 1.19 bits per heavy atom. The van der Waals surface area contributed by atoms with Gasteiger partial charge in [0.05, 0.1) is 10.6 Å². The monoisotopic (exact) mass is 229 g/mol. The van der Waals surface area contributed by atoms with E-state index in [0.29, 0.717) is 0 Å². The Kier molecular flexibility index (Phi) is 2.04. The van der Waals surface area contributed by atoms with Gasteiger partial charge >= 0.3 is 0 Å². The van der Waals surface area contributed by atoms with E-state index >= 15 is 0 Å². The zero-order chi connectivity index (χ0) is 11.1. The van der Waals surface area contributed by atoms with E-state index in [1.165, 1.54) is 16.0 Å². The molecule has 0 saturated heterocycles. The topological polar surface area (TPSA) is 30.2 Å². The van der Waals surface area contributed by atoms with Crippen LogP contribution in [0.3, 0.4) is 0 Å². The number of rotatable bonds is 1. The molecule has 0 amide bonds. The van der Waals surface area contributed by atoms with Crippen LogP contribution < -0.4 is 0 Å². The van der Waals surface area contributed by atoms with Crippen LogP contribution in [0.15, 0.2) is 30.6 Å². The molecule has 0 saturated carbocycles. The second-order valence-corrected chi connectivity index (χ2v) is 4.76. The summed E-state index contributed by atoms with van der Waals surface area (Å²) < 4.78 is 1.90. The minimum Gasteiger partial charge on any atom is -0.208 e. The van der Waals surface area contributed by atoms with E-state index in [-0.39, 0.29) is 0 Å². The molecule has 0 radical (unpaired) electrons. The third-order valence-corrected chi connectivity index (χ3v) is 3.93. The molecule has 4 heteroatoms. The fourth-order valence-corrected chi connectivity index (χ4v) is 3.00. The highest BCUT2D eigenvalue weighted by Gasteiger charge is 2.12. The van der Waals surface area contributed by atoms with Gasteiger partial charge in [-0.25, -0.2) is 9.50 Å². The molecule has 0 fully saturated rings. The van der Waals surface area contributed by atoms with Crippen LogP contribution in [0.25, 0.3) is 15.4 Å². The first-order valence-corrected chi connectivity index (χ1v) is 5.94. The van der Waals surface area contributed by atoms with Gasteiger partial charge in [0.15, 0.2) is 0 Å². The molecule has 3 aromatic rings. The van der Waals surface area contributed by atoms with E-state index in [9.17, 15) is 0 Å². The number of nitrogens with zero attached hydrogens (tertiary/aromatic N) is 3. The third-order valence-electron chi connectivity index (χ3n) is 2.75. The molecule has 1 aromatic carbocycles. The predicted molar refractivity (Wildman–Crippen MR) is 65.8 cm³/mol. The van der Waals surface area contributed by atoms with Gasteiger partial charge in [0, 0.05) is 0 Å². The van der Waals surface area contributed by atoms with Crippen LogP contribution in [0.5, 0.6) is 0 Å². The molecule has 2 heterocycles. The smallest absolute Gasteiger partial charge is 0.208 e. The van der Waals surface area contributed by atoms with Gasteiger partial charge in [-0.05, 0) is 25.0 Å². The van der Waals surface area contributed by atoms with Crippen molar-refractivity contribution in [3.05, 3.63) is 41.9 Å². The SMILES string of the molecule is Cc1ccccc1-c1sc2ncnn2c1C. The highest BCUT2D eigenvalue weighted by molar-refractivity contribution is 7.20. The van der Waals surface area contributed by atoms with Crippen molar-refractivity contribution in [2.75, 3.05) is 0 Å². The van der Waals surface area contributed by atoms with E-state index in [2.05, 4.69) is 48.2 Å². The Bertz CT molecular complexity index is 651. The molecule has 0 aliphatic heterocycles. The summed E-state index contributed by atoms with van der Waals surface area (Å²) >= 11 is 1.69. The molecule has 0 spiro atoms. The lowest BCUT2D eigenvalue weighted by Gasteiger charge is -2.03. The summed E-state index contributed by atoms with van der Waals surface area (Å²) in [6.45, 7) is 4.21. The minimum absolute atomic E-state index is 0.954. The van der Waals surface area contributed by atoms with Crippen LogP contribution in [-0.4, -0.2) is 14.6 Å². The molecule has 0 unspecified atom stereocenters. The van der Waals surface area contributed by atoms with Gasteiger partial charge in [-0.3, -0.25) is 0 Å². The highest BCUT2D eigenvalue weighted by atomic mass is 32.1. The maximum atomic E-state index is 4.23. The van der Waals surface area contributed by atoms with E-state index in [0.717, 1.165) is 10.7 Å². The summed E-state index contributed by atoms with van der Waals surface area (Å²) in [7, 11) is 0. The molecule has 80 valence electrons. The largest absolute Gasteiger partial charge is 0.212 e. The van der Waals surface area contributed by atoms with Crippen molar-refractivity contribution >= 4 is 16.3 Å². The molecule has 0 N–H and O–H groups in total. The standard InChI is InChI=1S/C12H11N3S/c1-8-5-3-4-6-10(8)11-9(2)15-12(16-11)13-7-14-15/h3-7H,1-2H3. The molecule has 0 aliphatic carbocycles. The minimum atomic E-state index is 0.954. The average molecular weight is 229 g/mol. The van der Waals surface area contributed by atoms with Gasteiger partial charge in [0.2, 0.25) is 4.96 Å². The fourth-order valence-electron chi connectivity index (χ4n) is 1.87. The maximum Gasteiger partial charge on any atom is 0.212 e. The van der Waals surface area contributed by atoms with Crippen LogP contribution in [-0.2, 0) is 0 Å². The van der Waals surface area contributed by atoms with Gasteiger partial charge in [-0.15, -0.1) is 0 Å². The van der Waals surface area contributed by atoms with Crippen molar-refractivity contribution in [2.45, 2.75) is 13.8 Å². The molecule has 2 aromatic heterocycles. The van der Waals surface area contributed by atoms with Gasteiger partial charge in [-0.2, -0.15) is 5.10 Å². The fraction of sp³-hybridized carbons (Fsp3) is 0.167. The van der Waals surface area contributed by atoms with Crippen LogP contribution in [0.1, 0.15) is 11.3 Å². The maximum absolute atomic E-state index is 4.23. The lowest BCUT2D eigenvalue weighted by molar-refractivity contribution is 0.933. The van der Waals surface area contributed by atoms with Gasteiger partial charge in [-0.1, -0.05) is 35.6 Å². The molecular formula is C12H11N3S. The van der Waals surface area contributed by atoms with Crippen molar-refractivity contribution in [2.24, 2.45) is 0 Å². The molecule has 3 rings (SSSR count). The van der Waals surface area contributed by atoms with Gasteiger partial charge in [0.1, 0.15) is 6.33 Å². The quantitative estimate of drug-likeness (QED) is 0.642. The summed E-state index contributed by atoms with van der Waals surface area (Å²) in [5.41, 5.74) is 3.72. The Morgan fingerprint density at radius 2 is 2.00 bits per heavy atom. The summed E-state index contributed by atoms with van der Waals surface area (Å²) in [5, 5.41) is 4.21. The van der Waals surface area contributed by atoms with Gasteiger partial charge in [0.25, 0.3) is 0 Å². The predicted octanol–water partition coefficient (Wildman–Crippen LogP) is 3.07. The summed E-state index contributed by atoms with van der Waals surface area (Å²) in [6, 6.07) is 8.40. The number of hydrogen-bond donors (Lipinski definition) is 0. The molecular weight excluding hydrogens is 218 g/mol. The van der Waals surface area contributed by atoms with Crippen LogP contribution in [0.4, 0.5) is 0 Å². The summed E-state index contributed by atoms with van der Waals surface area (Å²) in [5.74, 6) is 0. The van der Waals surface area contributed by atoms with Crippen molar-refractivity contribution < 1.29 is 0 Å². The number of fused-ring (bicyclic) bond motifs is 1. The lowest BCUT2D eigenvalue weighted by atomic mass is 10.1. The van der Waals surface area contributed by atoms with E-state index < -0.39 is 0 Å². The Balaban J connectivity index is 2.30. The lowest BCUT2D eigenvalue weighted by Crippen LogP contribution is -1.88. The van der Waals surface area contributed by atoms with Crippen molar-refractivity contribution in [1.29, 1.82) is 0 Å². The first-order chi connectivity index (χ1) is 7.77. The Labute approximate surface area is 97.4 Å². The molecule has 0 bridgehead atoms.